The van der Waals surface area contributed by atoms with Crippen LogP contribution < -0.4 is 5.32 Å². The lowest BCUT2D eigenvalue weighted by Gasteiger charge is -2.09. The first-order valence-electron chi connectivity index (χ1n) is 4.66. The summed E-state index contributed by atoms with van der Waals surface area (Å²) in [7, 11) is 0. The number of tetrazole rings is 1. The SMILES string of the molecule is FC(F)(F)c1cnc(NCc2nn[nH]n2)c(Cl)c1. The molecular weight excluding hydrogens is 273 g/mol. The summed E-state index contributed by atoms with van der Waals surface area (Å²) >= 11 is 5.69. The highest BCUT2D eigenvalue weighted by atomic mass is 35.5. The van der Waals surface area contributed by atoms with E-state index >= 15 is 0 Å². The molecule has 2 aromatic heterocycles. The first kappa shape index (κ1) is 12.6. The van der Waals surface area contributed by atoms with E-state index in [0.717, 1.165) is 6.07 Å². The second-order valence-electron chi connectivity index (χ2n) is 3.23. The summed E-state index contributed by atoms with van der Waals surface area (Å²) in [4.78, 5) is 3.59. The number of alkyl halides is 3. The number of rotatable bonds is 3. The fourth-order valence-corrected chi connectivity index (χ4v) is 1.38. The van der Waals surface area contributed by atoms with Gasteiger partial charge in [-0.05, 0) is 6.07 Å². The van der Waals surface area contributed by atoms with Gasteiger partial charge in [0.15, 0.2) is 5.82 Å². The quantitative estimate of drug-likeness (QED) is 0.896. The van der Waals surface area contributed by atoms with E-state index in [1.807, 2.05) is 0 Å². The van der Waals surface area contributed by atoms with Crippen molar-refractivity contribution in [1.82, 2.24) is 25.6 Å². The van der Waals surface area contributed by atoms with E-state index < -0.39 is 11.7 Å². The van der Waals surface area contributed by atoms with Crippen LogP contribution >= 0.6 is 11.6 Å². The summed E-state index contributed by atoms with van der Waals surface area (Å²) < 4.78 is 37.1. The molecule has 0 saturated carbocycles. The third-order valence-corrected chi connectivity index (χ3v) is 2.26. The van der Waals surface area contributed by atoms with Crippen LogP contribution in [0, 0.1) is 0 Å². The van der Waals surface area contributed by atoms with E-state index in [-0.39, 0.29) is 17.4 Å². The smallest absolute Gasteiger partial charge is 0.361 e. The molecule has 18 heavy (non-hydrogen) atoms. The fraction of sp³-hybridized carbons (Fsp3) is 0.250. The highest BCUT2D eigenvalue weighted by Crippen LogP contribution is 2.32. The van der Waals surface area contributed by atoms with Crippen LogP contribution in [0.5, 0.6) is 0 Å². The molecule has 2 N–H and O–H groups in total. The van der Waals surface area contributed by atoms with Crippen molar-refractivity contribution in [3.05, 3.63) is 28.7 Å². The van der Waals surface area contributed by atoms with E-state index in [4.69, 9.17) is 11.6 Å². The maximum absolute atomic E-state index is 12.4. The predicted molar refractivity (Wildman–Crippen MR) is 55.8 cm³/mol. The molecule has 10 heteroatoms. The molecule has 0 aromatic carbocycles. The Morgan fingerprint density at radius 1 is 1.39 bits per heavy atom. The summed E-state index contributed by atoms with van der Waals surface area (Å²) in [5.74, 6) is 0.460. The molecule has 0 amide bonds. The van der Waals surface area contributed by atoms with E-state index in [9.17, 15) is 13.2 Å². The minimum Gasteiger partial charge on any atom is -0.361 e. The molecule has 0 aliphatic carbocycles. The molecule has 0 aliphatic heterocycles. The Morgan fingerprint density at radius 2 is 2.17 bits per heavy atom. The van der Waals surface area contributed by atoms with Crippen molar-refractivity contribution in [3.63, 3.8) is 0 Å². The Bertz CT molecular complexity index is 526. The number of hydrogen-bond acceptors (Lipinski definition) is 5. The Hall–Kier alpha value is -1.90. The largest absolute Gasteiger partial charge is 0.417 e. The molecular formula is C8H6ClF3N6. The monoisotopic (exact) mass is 278 g/mol. The van der Waals surface area contributed by atoms with Gasteiger partial charge >= 0.3 is 6.18 Å². The van der Waals surface area contributed by atoms with Crippen molar-refractivity contribution >= 4 is 17.4 Å². The number of H-pyrrole nitrogens is 1. The molecule has 2 heterocycles. The molecule has 2 rings (SSSR count). The van der Waals surface area contributed by atoms with Crippen LogP contribution in [-0.2, 0) is 12.7 Å². The minimum atomic E-state index is -4.47. The van der Waals surface area contributed by atoms with Crippen LogP contribution in [0.2, 0.25) is 5.02 Å². The molecule has 96 valence electrons. The van der Waals surface area contributed by atoms with Crippen LogP contribution in [0.1, 0.15) is 11.4 Å². The summed E-state index contributed by atoms with van der Waals surface area (Å²) in [6.45, 7) is 0.147. The van der Waals surface area contributed by atoms with Gasteiger partial charge in [0, 0.05) is 6.20 Å². The first-order chi connectivity index (χ1) is 8.47. The van der Waals surface area contributed by atoms with Gasteiger partial charge in [0.25, 0.3) is 0 Å². The molecule has 0 atom stereocenters. The van der Waals surface area contributed by atoms with Gasteiger partial charge in [-0.1, -0.05) is 16.8 Å². The molecule has 6 nitrogen and oxygen atoms in total. The predicted octanol–water partition coefficient (Wildman–Crippen LogP) is 1.88. The van der Waals surface area contributed by atoms with Crippen LogP contribution in [0.15, 0.2) is 12.3 Å². The van der Waals surface area contributed by atoms with Gasteiger partial charge in [0.05, 0.1) is 17.1 Å². The second kappa shape index (κ2) is 4.77. The van der Waals surface area contributed by atoms with Gasteiger partial charge in [-0.2, -0.15) is 18.4 Å². The van der Waals surface area contributed by atoms with Crippen molar-refractivity contribution in [2.24, 2.45) is 0 Å². The van der Waals surface area contributed by atoms with Crippen molar-refractivity contribution in [1.29, 1.82) is 0 Å². The van der Waals surface area contributed by atoms with Crippen LogP contribution in [0.4, 0.5) is 19.0 Å². The molecule has 0 fully saturated rings. The zero-order chi connectivity index (χ0) is 13.2. The zero-order valence-electron chi connectivity index (χ0n) is 8.66. The third kappa shape index (κ3) is 2.86. The number of hydrogen-bond donors (Lipinski definition) is 2. The third-order valence-electron chi connectivity index (χ3n) is 1.97. The number of halogens is 4. The van der Waals surface area contributed by atoms with Gasteiger partial charge in [0.2, 0.25) is 0 Å². The van der Waals surface area contributed by atoms with Gasteiger partial charge in [-0.3, -0.25) is 0 Å². The van der Waals surface area contributed by atoms with E-state index in [2.05, 4.69) is 30.9 Å². The number of pyridine rings is 1. The normalized spacial score (nSPS) is 11.6. The van der Waals surface area contributed by atoms with Crippen molar-refractivity contribution in [2.75, 3.05) is 5.32 Å². The first-order valence-corrected chi connectivity index (χ1v) is 5.03. The van der Waals surface area contributed by atoms with E-state index in [0.29, 0.717) is 12.0 Å². The summed E-state index contributed by atoms with van der Waals surface area (Å²) in [5, 5.41) is 15.4. The Kier molecular flexibility index (Phi) is 3.32. The Morgan fingerprint density at radius 3 is 2.72 bits per heavy atom. The fourth-order valence-electron chi connectivity index (χ4n) is 1.14. The highest BCUT2D eigenvalue weighted by molar-refractivity contribution is 6.32. The van der Waals surface area contributed by atoms with Gasteiger partial charge in [-0.25, -0.2) is 4.98 Å². The average molecular weight is 279 g/mol. The summed E-state index contributed by atoms with van der Waals surface area (Å²) in [6, 6.07) is 0.799. The second-order valence-corrected chi connectivity index (χ2v) is 3.64. The number of nitrogens with zero attached hydrogens (tertiary/aromatic N) is 4. The highest BCUT2D eigenvalue weighted by Gasteiger charge is 2.31. The maximum Gasteiger partial charge on any atom is 0.417 e. The average Bonchev–Trinajstić information content (AvgIpc) is 2.79. The molecule has 0 aliphatic rings. The maximum atomic E-state index is 12.4. The number of aromatic nitrogens is 5. The minimum absolute atomic E-state index is 0.120. The summed E-state index contributed by atoms with van der Waals surface area (Å²) in [5.41, 5.74) is -0.905. The number of anilines is 1. The van der Waals surface area contributed by atoms with Gasteiger partial charge in [-0.15, -0.1) is 10.2 Å². The van der Waals surface area contributed by atoms with Crippen LogP contribution in [0.25, 0.3) is 0 Å². The molecule has 0 radical (unpaired) electrons. The molecule has 0 spiro atoms. The lowest BCUT2D eigenvalue weighted by atomic mass is 10.3. The molecule has 0 unspecified atom stereocenters. The topological polar surface area (TPSA) is 79.4 Å². The van der Waals surface area contributed by atoms with Gasteiger partial charge < -0.3 is 5.32 Å². The van der Waals surface area contributed by atoms with E-state index in [1.165, 1.54) is 0 Å². The van der Waals surface area contributed by atoms with Crippen LogP contribution in [-0.4, -0.2) is 25.6 Å². The lowest BCUT2D eigenvalue weighted by Crippen LogP contribution is -2.08. The molecule has 0 saturated heterocycles. The van der Waals surface area contributed by atoms with Crippen molar-refractivity contribution in [2.45, 2.75) is 12.7 Å². The molecule has 2 aromatic rings. The van der Waals surface area contributed by atoms with Crippen LogP contribution in [0.3, 0.4) is 0 Å². The van der Waals surface area contributed by atoms with Gasteiger partial charge in [0.1, 0.15) is 5.82 Å². The summed E-state index contributed by atoms with van der Waals surface area (Å²) in [6.07, 6.45) is -3.77. The number of nitrogens with one attached hydrogen (secondary N) is 2. The zero-order valence-corrected chi connectivity index (χ0v) is 9.42. The Balaban J connectivity index is 2.10. The van der Waals surface area contributed by atoms with Crippen molar-refractivity contribution < 1.29 is 13.2 Å². The molecule has 0 bridgehead atoms. The van der Waals surface area contributed by atoms with E-state index in [1.54, 1.807) is 0 Å². The standard InChI is InChI=1S/C8H6ClF3N6/c9-5-1-4(8(10,11)12)2-13-7(5)14-3-6-15-17-18-16-6/h1-2H,3H2,(H,13,14)(H,15,16,17,18). The van der Waals surface area contributed by atoms with Crippen molar-refractivity contribution in [3.8, 4) is 0 Å². The number of aromatic amines is 1. The lowest BCUT2D eigenvalue weighted by molar-refractivity contribution is -0.137. The Labute approximate surface area is 104 Å².